The van der Waals surface area contributed by atoms with Gasteiger partial charge in [-0.05, 0) is 42.8 Å². The molecular weight excluding hydrogens is 380 g/mol. The average Bonchev–Trinajstić information content (AvgIpc) is 2.79. The van der Waals surface area contributed by atoms with Crippen LogP contribution in [0.5, 0.6) is 5.88 Å². The predicted molar refractivity (Wildman–Crippen MR) is 114 cm³/mol. The number of amides is 2. The molecule has 0 atom stereocenters. The maximum Gasteiger partial charge on any atom is 0.257 e. The summed E-state index contributed by atoms with van der Waals surface area (Å²) in [6.45, 7) is 2.98. The number of nitrogens with zero attached hydrogens (tertiary/aromatic N) is 2. The maximum atomic E-state index is 12.6. The summed E-state index contributed by atoms with van der Waals surface area (Å²) < 4.78 is 5.71. The topological polar surface area (TPSA) is 93.2 Å². The number of pyridine rings is 2. The first-order chi connectivity index (χ1) is 14.7. The fraction of sp³-hybridized carbons (Fsp3) is 0.217. The molecule has 7 nitrogen and oxygen atoms in total. The van der Waals surface area contributed by atoms with E-state index in [0.29, 0.717) is 35.8 Å². The normalized spacial score (nSPS) is 10.3. The summed E-state index contributed by atoms with van der Waals surface area (Å²) in [5.74, 6) is -0.00976. The summed E-state index contributed by atoms with van der Waals surface area (Å²) in [7, 11) is 0. The zero-order valence-corrected chi connectivity index (χ0v) is 16.8. The monoisotopic (exact) mass is 404 g/mol. The third kappa shape index (κ3) is 5.88. The van der Waals surface area contributed by atoms with Crippen LogP contribution < -0.4 is 15.4 Å². The molecule has 2 amide bonds. The number of nitrogens with one attached hydrogen (secondary N) is 2. The largest absolute Gasteiger partial charge is 0.477 e. The van der Waals surface area contributed by atoms with Crippen LogP contribution in [0.15, 0.2) is 67.1 Å². The van der Waals surface area contributed by atoms with E-state index in [-0.39, 0.29) is 11.8 Å². The Balaban J connectivity index is 1.61. The Bertz CT molecular complexity index is 993. The number of hydrogen-bond acceptors (Lipinski definition) is 5. The van der Waals surface area contributed by atoms with E-state index < -0.39 is 0 Å². The van der Waals surface area contributed by atoms with Crippen molar-refractivity contribution in [3.63, 3.8) is 0 Å². The summed E-state index contributed by atoms with van der Waals surface area (Å²) in [6, 6.07) is 13.8. The summed E-state index contributed by atoms with van der Waals surface area (Å²) in [6.07, 6.45) is 6.73. The van der Waals surface area contributed by atoms with Gasteiger partial charge in [0.15, 0.2) is 0 Å². The SMILES string of the molecule is CCCCOc1ncccc1CNC(=O)c1cccc(NC(=O)c2cccnc2)c1. The highest BCUT2D eigenvalue weighted by Crippen LogP contribution is 2.16. The number of hydrogen-bond donors (Lipinski definition) is 2. The molecule has 0 saturated heterocycles. The maximum absolute atomic E-state index is 12.6. The molecule has 1 aromatic carbocycles. The number of aromatic nitrogens is 2. The fourth-order valence-electron chi connectivity index (χ4n) is 2.72. The molecule has 30 heavy (non-hydrogen) atoms. The highest BCUT2D eigenvalue weighted by molar-refractivity contribution is 6.04. The Hall–Kier alpha value is -3.74. The number of rotatable bonds is 9. The van der Waals surface area contributed by atoms with Gasteiger partial charge in [0.05, 0.1) is 12.2 Å². The smallest absolute Gasteiger partial charge is 0.257 e. The van der Waals surface area contributed by atoms with Gasteiger partial charge in [0.1, 0.15) is 0 Å². The number of carbonyl (C=O) groups is 2. The number of anilines is 1. The molecule has 0 bridgehead atoms. The molecule has 0 aliphatic heterocycles. The van der Waals surface area contributed by atoms with Gasteiger partial charge in [-0.1, -0.05) is 25.5 Å². The van der Waals surface area contributed by atoms with Gasteiger partial charge in [0.2, 0.25) is 5.88 Å². The van der Waals surface area contributed by atoms with Crippen LogP contribution in [0, 0.1) is 0 Å². The number of ether oxygens (including phenoxy) is 1. The second kappa shape index (κ2) is 10.7. The number of carbonyl (C=O) groups excluding carboxylic acids is 2. The van der Waals surface area contributed by atoms with Crippen molar-refractivity contribution in [3.8, 4) is 5.88 Å². The Morgan fingerprint density at radius 3 is 2.63 bits per heavy atom. The van der Waals surface area contributed by atoms with Crippen LogP contribution in [0.2, 0.25) is 0 Å². The molecule has 154 valence electrons. The Morgan fingerprint density at radius 2 is 1.83 bits per heavy atom. The Labute approximate surface area is 175 Å². The van der Waals surface area contributed by atoms with Gasteiger partial charge in [0, 0.05) is 41.9 Å². The lowest BCUT2D eigenvalue weighted by Crippen LogP contribution is -2.23. The number of unbranched alkanes of at least 4 members (excludes halogenated alkanes) is 1. The van der Waals surface area contributed by atoms with Crippen molar-refractivity contribution in [2.24, 2.45) is 0 Å². The lowest BCUT2D eigenvalue weighted by Gasteiger charge is -2.11. The summed E-state index contributed by atoms with van der Waals surface area (Å²) >= 11 is 0. The molecule has 0 saturated carbocycles. The van der Waals surface area contributed by atoms with Crippen LogP contribution >= 0.6 is 0 Å². The molecular formula is C23H24N4O3. The third-order valence-corrected chi connectivity index (χ3v) is 4.33. The van der Waals surface area contributed by atoms with Crippen LogP contribution in [0.4, 0.5) is 5.69 Å². The molecule has 3 aromatic rings. The molecule has 0 spiro atoms. The van der Waals surface area contributed by atoms with Crippen molar-refractivity contribution < 1.29 is 14.3 Å². The molecule has 0 radical (unpaired) electrons. The highest BCUT2D eigenvalue weighted by atomic mass is 16.5. The van der Waals surface area contributed by atoms with E-state index in [9.17, 15) is 9.59 Å². The van der Waals surface area contributed by atoms with Crippen molar-refractivity contribution >= 4 is 17.5 Å². The predicted octanol–water partition coefficient (Wildman–Crippen LogP) is 3.84. The van der Waals surface area contributed by atoms with Crippen molar-refractivity contribution in [3.05, 3.63) is 83.8 Å². The summed E-state index contributed by atoms with van der Waals surface area (Å²) in [5, 5.41) is 5.65. The van der Waals surface area contributed by atoms with Gasteiger partial charge in [-0.25, -0.2) is 4.98 Å². The van der Waals surface area contributed by atoms with E-state index in [1.807, 2.05) is 12.1 Å². The van der Waals surface area contributed by atoms with Crippen LogP contribution in [-0.2, 0) is 6.54 Å². The van der Waals surface area contributed by atoms with Crippen LogP contribution in [0.3, 0.4) is 0 Å². The average molecular weight is 404 g/mol. The molecule has 0 unspecified atom stereocenters. The van der Waals surface area contributed by atoms with E-state index in [1.54, 1.807) is 48.8 Å². The molecule has 2 aromatic heterocycles. The molecule has 3 rings (SSSR count). The van der Waals surface area contributed by atoms with Crippen LogP contribution in [0.25, 0.3) is 0 Å². The van der Waals surface area contributed by atoms with Gasteiger partial charge in [-0.2, -0.15) is 0 Å². The molecule has 7 heteroatoms. The van der Waals surface area contributed by atoms with Gasteiger partial charge in [0.25, 0.3) is 11.8 Å². The van der Waals surface area contributed by atoms with Gasteiger partial charge >= 0.3 is 0 Å². The van der Waals surface area contributed by atoms with Crippen molar-refractivity contribution in [1.82, 2.24) is 15.3 Å². The van der Waals surface area contributed by atoms with E-state index in [2.05, 4.69) is 27.5 Å². The zero-order chi connectivity index (χ0) is 21.2. The summed E-state index contributed by atoms with van der Waals surface area (Å²) in [5.41, 5.74) is 2.22. The first-order valence-electron chi connectivity index (χ1n) is 9.83. The summed E-state index contributed by atoms with van der Waals surface area (Å²) in [4.78, 5) is 33.1. The Morgan fingerprint density at radius 1 is 1.00 bits per heavy atom. The van der Waals surface area contributed by atoms with E-state index >= 15 is 0 Å². The van der Waals surface area contributed by atoms with Gasteiger partial charge < -0.3 is 15.4 Å². The first kappa shape index (κ1) is 21.0. The lowest BCUT2D eigenvalue weighted by atomic mass is 10.1. The molecule has 0 aliphatic rings. The standard InChI is InChI=1S/C23H24N4O3/c1-2-3-13-30-23-19(9-6-12-25-23)16-26-21(28)17-7-4-10-20(14-17)27-22(29)18-8-5-11-24-15-18/h4-12,14-15H,2-3,13,16H2,1H3,(H,26,28)(H,27,29). The first-order valence-corrected chi connectivity index (χ1v) is 9.83. The quantitative estimate of drug-likeness (QED) is 0.529. The van der Waals surface area contributed by atoms with E-state index in [4.69, 9.17) is 4.74 Å². The van der Waals surface area contributed by atoms with E-state index in [1.165, 1.54) is 6.20 Å². The van der Waals surface area contributed by atoms with Crippen molar-refractivity contribution in [2.75, 3.05) is 11.9 Å². The highest BCUT2D eigenvalue weighted by Gasteiger charge is 2.11. The van der Waals surface area contributed by atoms with E-state index in [0.717, 1.165) is 18.4 Å². The second-order valence-electron chi connectivity index (χ2n) is 6.63. The van der Waals surface area contributed by atoms with Gasteiger partial charge in [-0.3, -0.25) is 14.6 Å². The molecule has 2 heterocycles. The van der Waals surface area contributed by atoms with Crippen molar-refractivity contribution in [1.29, 1.82) is 0 Å². The zero-order valence-electron chi connectivity index (χ0n) is 16.8. The molecule has 2 N–H and O–H groups in total. The lowest BCUT2D eigenvalue weighted by molar-refractivity contribution is 0.0949. The minimum absolute atomic E-state index is 0.254. The third-order valence-electron chi connectivity index (χ3n) is 4.33. The minimum atomic E-state index is -0.287. The molecule has 0 fully saturated rings. The van der Waals surface area contributed by atoms with Crippen LogP contribution in [0.1, 0.15) is 46.0 Å². The van der Waals surface area contributed by atoms with Gasteiger partial charge in [-0.15, -0.1) is 0 Å². The minimum Gasteiger partial charge on any atom is -0.477 e. The second-order valence-corrected chi connectivity index (χ2v) is 6.63. The molecule has 0 aliphatic carbocycles. The number of benzene rings is 1. The van der Waals surface area contributed by atoms with Crippen molar-refractivity contribution in [2.45, 2.75) is 26.3 Å². The Kier molecular flexibility index (Phi) is 7.49. The fourth-order valence-corrected chi connectivity index (χ4v) is 2.72. The van der Waals surface area contributed by atoms with Crippen LogP contribution in [-0.4, -0.2) is 28.4 Å².